The molecule has 0 saturated heterocycles. The topological polar surface area (TPSA) is 12.9 Å². The van der Waals surface area contributed by atoms with Crippen molar-refractivity contribution in [2.75, 3.05) is 0 Å². The van der Waals surface area contributed by atoms with E-state index in [0.717, 1.165) is 12.1 Å². The zero-order chi connectivity index (χ0) is 14.4. The number of halogens is 7. The molecule has 102 valence electrons. The molecule has 0 aliphatic heterocycles. The van der Waals surface area contributed by atoms with E-state index in [4.69, 9.17) is 11.6 Å². The van der Waals surface area contributed by atoms with Crippen molar-refractivity contribution in [2.45, 2.75) is 12.4 Å². The average molecular weight is 300 g/mol. The summed E-state index contributed by atoms with van der Waals surface area (Å²) in [5.41, 5.74) is -3.53. The molecule has 1 aromatic heterocycles. The van der Waals surface area contributed by atoms with Crippen LogP contribution in [0, 0.1) is 0 Å². The van der Waals surface area contributed by atoms with Crippen molar-refractivity contribution in [3.05, 3.63) is 40.5 Å². The van der Waals surface area contributed by atoms with Gasteiger partial charge in [-0.15, -0.1) is 0 Å². The Balaban J connectivity index is 2.83. The van der Waals surface area contributed by atoms with Gasteiger partial charge in [0.1, 0.15) is 0 Å². The van der Waals surface area contributed by atoms with Gasteiger partial charge in [-0.25, -0.2) is 4.98 Å². The molecule has 2 rings (SSSR count). The SMILES string of the molecule is FC(F)(F)c1nc2c(C(F)(F)F)cccc2cc1Cl. The lowest BCUT2D eigenvalue weighted by atomic mass is 10.1. The number of rotatable bonds is 0. The van der Waals surface area contributed by atoms with Gasteiger partial charge in [-0.05, 0) is 12.1 Å². The number of para-hydroxylation sites is 1. The Labute approximate surface area is 107 Å². The minimum absolute atomic E-state index is 0.104. The number of benzene rings is 1. The molecule has 0 radical (unpaired) electrons. The summed E-state index contributed by atoms with van der Waals surface area (Å²) in [6.07, 6.45) is -9.70. The molecule has 0 atom stereocenters. The van der Waals surface area contributed by atoms with E-state index >= 15 is 0 Å². The van der Waals surface area contributed by atoms with Crippen molar-refractivity contribution in [3.63, 3.8) is 0 Å². The first-order valence-electron chi connectivity index (χ1n) is 4.84. The fraction of sp³-hybridized carbons (Fsp3) is 0.182. The van der Waals surface area contributed by atoms with Crippen LogP contribution in [0.1, 0.15) is 11.3 Å². The summed E-state index contributed by atoms with van der Waals surface area (Å²) in [6.45, 7) is 0. The number of fused-ring (bicyclic) bond motifs is 1. The minimum Gasteiger partial charge on any atom is -0.241 e. The smallest absolute Gasteiger partial charge is 0.241 e. The van der Waals surface area contributed by atoms with Crippen molar-refractivity contribution in [2.24, 2.45) is 0 Å². The number of hydrogen-bond donors (Lipinski definition) is 0. The predicted molar refractivity (Wildman–Crippen MR) is 56.8 cm³/mol. The molecule has 0 aliphatic rings. The van der Waals surface area contributed by atoms with Gasteiger partial charge >= 0.3 is 12.4 Å². The van der Waals surface area contributed by atoms with E-state index in [2.05, 4.69) is 4.98 Å². The molecule has 1 aromatic carbocycles. The van der Waals surface area contributed by atoms with E-state index in [0.29, 0.717) is 6.07 Å². The Kier molecular flexibility index (Phi) is 3.12. The molecule has 0 aliphatic carbocycles. The molecule has 1 heterocycles. The van der Waals surface area contributed by atoms with Gasteiger partial charge in [0.2, 0.25) is 0 Å². The maximum Gasteiger partial charge on any atom is 0.434 e. The van der Waals surface area contributed by atoms with E-state index in [1.54, 1.807) is 0 Å². The average Bonchev–Trinajstić information content (AvgIpc) is 2.24. The van der Waals surface area contributed by atoms with Crippen LogP contribution >= 0.6 is 11.6 Å². The summed E-state index contributed by atoms with van der Waals surface area (Å²) < 4.78 is 75.8. The molecule has 0 N–H and O–H groups in total. The van der Waals surface area contributed by atoms with Crippen LogP contribution in [-0.4, -0.2) is 4.98 Å². The van der Waals surface area contributed by atoms with E-state index < -0.39 is 34.1 Å². The largest absolute Gasteiger partial charge is 0.434 e. The van der Waals surface area contributed by atoms with Crippen LogP contribution in [-0.2, 0) is 12.4 Å². The first-order valence-corrected chi connectivity index (χ1v) is 5.22. The summed E-state index contributed by atoms with van der Waals surface area (Å²) in [5, 5.41) is -0.841. The van der Waals surface area contributed by atoms with Gasteiger partial charge in [0.05, 0.1) is 16.1 Å². The fourth-order valence-electron chi connectivity index (χ4n) is 1.60. The number of aromatic nitrogens is 1. The van der Waals surface area contributed by atoms with Gasteiger partial charge in [0.25, 0.3) is 0 Å². The first kappa shape index (κ1) is 13.9. The maximum atomic E-state index is 12.7. The van der Waals surface area contributed by atoms with Crippen LogP contribution in [0.2, 0.25) is 5.02 Å². The lowest BCUT2D eigenvalue weighted by molar-refractivity contribution is -0.142. The number of pyridine rings is 1. The van der Waals surface area contributed by atoms with Crippen molar-refractivity contribution >= 4 is 22.5 Å². The molecule has 19 heavy (non-hydrogen) atoms. The van der Waals surface area contributed by atoms with Crippen LogP contribution < -0.4 is 0 Å². The third kappa shape index (κ3) is 2.60. The van der Waals surface area contributed by atoms with E-state index in [1.807, 2.05) is 0 Å². The summed E-state index contributed by atoms with van der Waals surface area (Å²) in [6, 6.07) is 3.78. The van der Waals surface area contributed by atoms with Crippen LogP contribution in [0.4, 0.5) is 26.3 Å². The monoisotopic (exact) mass is 299 g/mol. The Hall–Kier alpha value is -1.50. The van der Waals surface area contributed by atoms with Gasteiger partial charge in [-0.2, -0.15) is 26.3 Å². The first-order chi connectivity index (χ1) is 8.60. The quantitative estimate of drug-likeness (QED) is 0.629. The van der Waals surface area contributed by atoms with Crippen molar-refractivity contribution in [1.29, 1.82) is 0 Å². The molecule has 0 spiro atoms. The van der Waals surface area contributed by atoms with Crippen LogP contribution in [0.25, 0.3) is 10.9 Å². The van der Waals surface area contributed by atoms with Crippen molar-refractivity contribution < 1.29 is 26.3 Å². The molecule has 0 saturated carbocycles. The standard InChI is InChI=1S/C11H4ClF6N/c12-7-4-5-2-1-3-6(10(13,14)15)8(5)19-9(7)11(16,17)18/h1-4H. The highest BCUT2D eigenvalue weighted by Crippen LogP contribution is 2.38. The predicted octanol–water partition coefficient (Wildman–Crippen LogP) is 4.93. The van der Waals surface area contributed by atoms with Crippen LogP contribution in [0.3, 0.4) is 0 Å². The molecule has 1 nitrogen and oxygen atoms in total. The third-order valence-electron chi connectivity index (χ3n) is 2.37. The van der Waals surface area contributed by atoms with Crippen LogP contribution in [0.5, 0.6) is 0 Å². The van der Waals surface area contributed by atoms with E-state index in [1.165, 1.54) is 6.07 Å². The van der Waals surface area contributed by atoms with Gasteiger partial charge in [0, 0.05) is 5.39 Å². The van der Waals surface area contributed by atoms with Gasteiger partial charge in [-0.1, -0.05) is 23.7 Å². The highest BCUT2D eigenvalue weighted by Gasteiger charge is 2.38. The second-order valence-corrected chi connectivity index (χ2v) is 4.10. The second-order valence-electron chi connectivity index (χ2n) is 3.69. The number of nitrogens with zero attached hydrogens (tertiary/aromatic N) is 1. The van der Waals surface area contributed by atoms with Gasteiger partial charge in [-0.3, -0.25) is 0 Å². The normalized spacial score (nSPS) is 13.0. The summed E-state index contributed by atoms with van der Waals surface area (Å²) in [4.78, 5) is 3.04. The summed E-state index contributed by atoms with van der Waals surface area (Å²) in [5.74, 6) is 0. The summed E-state index contributed by atoms with van der Waals surface area (Å²) >= 11 is 5.39. The molecule has 0 amide bonds. The molecular formula is C11H4ClF6N. The van der Waals surface area contributed by atoms with Crippen LogP contribution in [0.15, 0.2) is 24.3 Å². The van der Waals surface area contributed by atoms with Gasteiger partial charge in [0.15, 0.2) is 5.69 Å². The lowest BCUT2D eigenvalue weighted by Crippen LogP contribution is -2.12. The number of alkyl halides is 6. The zero-order valence-electron chi connectivity index (χ0n) is 8.90. The highest BCUT2D eigenvalue weighted by atomic mass is 35.5. The second kappa shape index (κ2) is 4.26. The van der Waals surface area contributed by atoms with E-state index in [9.17, 15) is 26.3 Å². The Morgan fingerprint density at radius 2 is 1.58 bits per heavy atom. The molecule has 2 aromatic rings. The summed E-state index contributed by atoms with van der Waals surface area (Å²) in [7, 11) is 0. The Bertz CT molecular complexity index is 631. The van der Waals surface area contributed by atoms with Crippen molar-refractivity contribution in [1.82, 2.24) is 4.98 Å². The molecule has 0 fully saturated rings. The van der Waals surface area contributed by atoms with Crippen molar-refractivity contribution in [3.8, 4) is 0 Å². The molecule has 0 unspecified atom stereocenters. The molecule has 0 bridgehead atoms. The fourth-order valence-corrected chi connectivity index (χ4v) is 1.87. The number of hydrogen-bond acceptors (Lipinski definition) is 1. The van der Waals surface area contributed by atoms with E-state index in [-0.39, 0.29) is 5.39 Å². The third-order valence-corrected chi connectivity index (χ3v) is 2.66. The maximum absolute atomic E-state index is 12.7. The Morgan fingerprint density at radius 3 is 2.11 bits per heavy atom. The molecular weight excluding hydrogens is 296 g/mol. The highest BCUT2D eigenvalue weighted by molar-refractivity contribution is 6.32. The zero-order valence-corrected chi connectivity index (χ0v) is 9.66. The Morgan fingerprint density at radius 1 is 0.947 bits per heavy atom. The molecule has 8 heteroatoms. The minimum atomic E-state index is -4.91. The van der Waals surface area contributed by atoms with Gasteiger partial charge < -0.3 is 0 Å². The lowest BCUT2D eigenvalue weighted by Gasteiger charge is -2.13.